The lowest BCUT2D eigenvalue weighted by Crippen LogP contribution is -2.47. The van der Waals surface area contributed by atoms with Gasteiger partial charge in [-0.2, -0.15) is 4.98 Å². The Bertz CT molecular complexity index is 1200. The van der Waals surface area contributed by atoms with Gasteiger partial charge in [0, 0.05) is 37.4 Å². The molecule has 1 aliphatic rings. The van der Waals surface area contributed by atoms with Crippen molar-refractivity contribution < 1.29 is 8.91 Å². The molecule has 5 rings (SSSR count). The highest BCUT2D eigenvalue weighted by molar-refractivity contribution is 5.97. The SMILES string of the molecule is Cc1ccc(C)c(N2CCN(c3ncnc4onc(-c5ccc(F)cc5)c34)CC2)c1. The molecular formula is C23H22FN5O. The Labute approximate surface area is 174 Å². The van der Waals surface area contributed by atoms with Crippen LogP contribution in [0.1, 0.15) is 11.1 Å². The van der Waals surface area contributed by atoms with Crippen LogP contribution in [-0.4, -0.2) is 41.3 Å². The molecule has 0 bridgehead atoms. The summed E-state index contributed by atoms with van der Waals surface area (Å²) in [4.78, 5) is 13.5. The molecule has 0 atom stereocenters. The summed E-state index contributed by atoms with van der Waals surface area (Å²) in [5, 5.41) is 4.97. The lowest BCUT2D eigenvalue weighted by Gasteiger charge is -2.37. The second kappa shape index (κ2) is 7.40. The molecule has 0 radical (unpaired) electrons. The van der Waals surface area contributed by atoms with Gasteiger partial charge in [-0.3, -0.25) is 0 Å². The van der Waals surface area contributed by atoms with Crippen LogP contribution in [0.25, 0.3) is 22.4 Å². The summed E-state index contributed by atoms with van der Waals surface area (Å²) >= 11 is 0. The fraction of sp³-hybridized carbons (Fsp3) is 0.261. The highest BCUT2D eigenvalue weighted by Gasteiger charge is 2.24. The molecule has 6 nitrogen and oxygen atoms in total. The Morgan fingerprint density at radius 1 is 0.900 bits per heavy atom. The van der Waals surface area contributed by atoms with E-state index < -0.39 is 0 Å². The van der Waals surface area contributed by atoms with Crippen LogP contribution in [0.15, 0.2) is 53.3 Å². The largest absolute Gasteiger partial charge is 0.368 e. The summed E-state index contributed by atoms with van der Waals surface area (Å²) in [5.41, 5.74) is 5.70. The van der Waals surface area contributed by atoms with Gasteiger partial charge in [-0.25, -0.2) is 9.37 Å². The second-order valence-corrected chi connectivity index (χ2v) is 7.68. The standard InChI is InChI=1S/C23H22FN5O/c1-15-3-4-16(2)19(13-15)28-9-11-29(12-10-28)22-20-21(17-5-7-18(24)8-6-17)27-30-23(20)26-14-25-22/h3-8,13-14H,9-12H2,1-2H3. The van der Waals surface area contributed by atoms with E-state index in [-0.39, 0.29) is 5.82 Å². The molecule has 1 aliphatic heterocycles. The van der Waals surface area contributed by atoms with E-state index in [0.717, 1.165) is 42.9 Å². The average molecular weight is 403 g/mol. The molecule has 1 saturated heterocycles. The number of halogens is 1. The molecule has 0 spiro atoms. The van der Waals surface area contributed by atoms with Crippen molar-refractivity contribution in [2.24, 2.45) is 0 Å². The third-order valence-corrected chi connectivity index (χ3v) is 5.65. The van der Waals surface area contributed by atoms with E-state index in [4.69, 9.17) is 4.52 Å². The summed E-state index contributed by atoms with van der Waals surface area (Å²) in [6.45, 7) is 7.72. The van der Waals surface area contributed by atoms with E-state index in [1.165, 1.54) is 35.3 Å². The van der Waals surface area contributed by atoms with Crippen LogP contribution in [0.4, 0.5) is 15.9 Å². The van der Waals surface area contributed by atoms with Crippen molar-refractivity contribution in [1.29, 1.82) is 0 Å². The third kappa shape index (κ3) is 3.26. The highest BCUT2D eigenvalue weighted by atomic mass is 19.1. The van der Waals surface area contributed by atoms with Crippen molar-refractivity contribution >= 4 is 22.6 Å². The molecule has 0 aliphatic carbocycles. The van der Waals surface area contributed by atoms with E-state index in [2.05, 4.69) is 57.0 Å². The molecule has 152 valence electrons. The van der Waals surface area contributed by atoms with E-state index in [9.17, 15) is 4.39 Å². The van der Waals surface area contributed by atoms with Crippen molar-refractivity contribution in [3.05, 3.63) is 65.7 Å². The normalized spacial score (nSPS) is 14.5. The molecule has 2 aromatic heterocycles. The number of piperazine rings is 1. The van der Waals surface area contributed by atoms with Gasteiger partial charge in [-0.15, -0.1) is 0 Å². The summed E-state index contributed by atoms with van der Waals surface area (Å²) < 4.78 is 18.8. The molecule has 1 fully saturated rings. The Morgan fingerprint density at radius 3 is 2.40 bits per heavy atom. The van der Waals surface area contributed by atoms with Crippen LogP contribution >= 0.6 is 0 Å². The van der Waals surface area contributed by atoms with Crippen molar-refractivity contribution in [2.75, 3.05) is 36.0 Å². The Hall–Kier alpha value is -3.48. The maximum absolute atomic E-state index is 13.4. The van der Waals surface area contributed by atoms with Crippen molar-refractivity contribution in [3.63, 3.8) is 0 Å². The zero-order valence-corrected chi connectivity index (χ0v) is 17.0. The number of fused-ring (bicyclic) bond motifs is 1. The minimum Gasteiger partial charge on any atom is -0.368 e. The zero-order valence-electron chi connectivity index (χ0n) is 17.0. The smallest absolute Gasteiger partial charge is 0.263 e. The van der Waals surface area contributed by atoms with Gasteiger partial charge in [-0.05, 0) is 55.3 Å². The quantitative estimate of drug-likeness (QED) is 0.506. The van der Waals surface area contributed by atoms with Crippen LogP contribution in [-0.2, 0) is 0 Å². The van der Waals surface area contributed by atoms with Crippen molar-refractivity contribution in [2.45, 2.75) is 13.8 Å². The predicted octanol–water partition coefficient (Wildman–Crippen LogP) is 4.37. The molecule has 0 amide bonds. The van der Waals surface area contributed by atoms with E-state index >= 15 is 0 Å². The fourth-order valence-electron chi connectivity index (χ4n) is 4.04. The second-order valence-electron chi connectivity index (χ2n) is 7.68. The van der Waals surface area contributed by atoms with Crippen molar-refractivity contribution in [1.82, 2.24) is 15.1 Å². The molecular weight excluding hydrogens is 381 g/mol. The number of anilines is 2. The van der Waals surface area contributed by atoms with Crippen molar-refractivity contribution in [3.8, 4) is 11.3 Å². The number of nitrogens with zero attached hydrogens (tertiary/aromatic N) is 5. The first-order valence-electron chi connectivity index (χ1n) is 10.0. The Morgan fingerprint density at radius 2 is 1.63 bits per heavy atom. The summed E-state index contributed by atoms with van der Waals surface area (Å²) in [5.74, 6) is 0.520. The number of hydrogen-bond acceptors (Lipinski definition) is 6. The maximum atomic E-state index is 13.4. The molecule has 0 saturated carbocycles. The minimum absolute atomic E-state index is 0.286. The van der Waals surface area contributed by atoms with E-state index in [0.29, 0.717) is 11.4 Å². The average Bonchev–Trinajstić information content (AvgIpc) is 3.20. The summed E-state index contributed by atoms with van der Waals surface area (Å²) in [7, 11) is 0. The number of aryl methyl sites for hydroxylation is 2. The summed E-state index contributed by atoms with van der Waals surface area (Å²) in [6.07, 6.45) is 1.51. The number of hydrogen-bond donors (Lipinski definition) is 0. The number of aromatic nitrogens is 3. The molecule has 0 unspecified atom stereocenters. The first-order valence-corrected chi connectivity index (χ1v) is 10.0. The number of rotatable bonds is 3. The first kappa shape index (κ1) is 18.5. The molecule has 2 aromatic carbocycles. The van der Waals surface area contributed by atoms with Gasteiger partial charge >= 0.3 is 0 Å². The minimum atomic E-state index is -0.286. The van der Waals surface area contributed by atoms with Gasteiger partial charge in [0.05, 0.1) is 0 Å². The monoisotopic (exact) mass is 403 g/mol. The topological polar surface area (TPSA) is 58.3 Å². The highest BCUT2D eigenvalue weighted by Crippen LogP contribution is 2.34. The third-order valence-electron chi connectivity index (χ3n) is 5.65. The van der Waals surface area contributed by atoms with Gasteiger partial charge in [0.1, 0.15) is 29.0 Å². The van der Waals surface area contributed by atoms with Gasteiger partial charge < -0.3 is 14.3 Å². The first-order chi connectivity index (χ1) is 14.6. The lowest BCUT2D eigenvalue weighted by atomic mass is 10.1. The molecule has 30 heavy (non-hydrogen) atoms. The Kier molecular flexibility index (Phi) is 4.58. The predicted molar refractivity (Wildman–Crippen MR) is 115 cm³/mol. The van der Waals surface area contributed by atoms with Gasteiger partial charge in [0.2, 0.25) is 0 Å². The fourth-order valence-corrected chi connectivity index (χ4v) is 4.04. The lowest BCUT2D eigenvalue weighted by molar-refractivity contribution is 0.451. The van der Waals surface area contributed by atoms with Gasteiger partial charge in [0.15, 0.2) is 0 Å². The maximum Gasteiger partial charge on any atom is 0.263 e. The summed E-state index contributed by atoms with van der Waals surface area (Å²) in [6, 6.07) is 12.8. The van der Waals surface area contributed by atoms with E-state index in [1.54, 1.807) is 12.1 Å². The van der Waals surface area contributed by atoms with Gasteiger partial charge in [-0.1, -0.05) is 17.3 Å². The zero-order chi connectivity index (χ0) is 20.7. The molecule has 3 heterocycles. The van der Waals surface area contributed by atoms with Gasteiger partial charge in [0.25, 0.3) is 5.71 Å². The molecule has 0 N–H and O–H groups in total. The molecule has 4 aromatic rings. The molecule has 7 heteroatoms. The van der Waals surface area contributed by atoms with E-state index in [1.807, 2.05) is 0 Å². The van der Waals surface area contributed by atoms with Crippen LogP contribution in [0, 0.1) is 19.7 Å². The Balaban J connectivity index is 1.45. The van der Waals surface area contributed by atoms with Crippen LogP contribution in [0.5, 0.6) is 0 Å². The van der Waals surface area contributed by atoms with Crippen LogP contribution < -0.4 is 9.80 Å². The van der Waals surface area contributed by atoms with Crippen LogP contribution in [0.2, 0.25) is 0 Å². The van der Waals surface area contributed by atoms with Crippen LogP contribution in [0.3, 0.4) is 0 Å². The number of benzene rings is 2.